The molecule has 0 unspecified atom stereocenters. The number of aryl methyl sites for hydroxylation is 1. The Morgan fingerprint density at radius 1 is 1.26 bits per heavy atom. The van der Waals surface area contributed by atoms with Crippen molar-refractivity contribution in [2.75, 3.05) is 20.8 Å². The van der Waals surface area contributed by atoms with E-state index in [4.69, 9.17) is 14.2 Å². The Morgan fingerprint density at radius 3 is 2.37 bits per heavy atom. The maximum Gasteiger partial charge on any atom is 0.379 e. The Hall–Kier alpha value is -1.56. The maximum absolute atomic E-state index is 12.1. The van der Waals surface area contributed by atoms with Gasteiger partial charge < -0.3 is 14.2 Å². The molecule has 5 nitrogen and oxygen atoms in total. The molecule has 104 valence electrons. The van der Waals surface area contributed by atoms with Crippen LogP contribution in [0.5, 0.6) is 11.5 Å². The number of hydrogen-bond acceptors (Lipinski definition) is 5. The van der Waals surface area contributed by atoms with Crippen LogP contribution in [-0.4, -0.2) is 32.6 Å². The van der Waals surface area contributed by atoms with Crippen LogP contribution in [0.4, 0.5) is 0 Å². The van der Waals surface area contributed by atoms with Crippen molar-refractivity contribution >= 4 is 27.7 Å². The molecule has 1 aromatic rings. The van der Waals surface area contributed by atoms with Crippen molar-refractivity contribution in [3.05, 3.63) is 21.7 Å². The molecule has 0 amide bonds. The maximum atomic E-state index is 12.1. The van der Waals surface area contributed by atoms with Gasteiger partial charge in [0.1, 0.15) is 0 Å². The van der Waals surface area contributed by atoms with E-state index < -0.39 is 11.8 Å². The van der Waals surface area contributed by atoms with Crippen molar-refractivity contribution in [3.63, 3.8) is 0 Å². The first-order valence-corrected chi connectivity index (χ1v) is 6.39. The smallest absolute Gasteiger partial charge is 0.379 e. The fourth-order valence-electron chi connectivity index (χ4n) is 1.60. The van der Waals surface area contributed by atoms with Gasteiger partial charge in [0.15, 0.2) is 11.5 Å². The van der Waals surface area contributed by atoms with Gasteiger partial charge >= 0.3 is 5.97 Å². The number of methoxy groups -OCH3 is 2. The molecule has 0 N–H and O–H groups in total. The Balaban J connectivity index is 3.43. The van der Waals surface area contributed by atoms with Crippen LogP contribution >= 0.6 is 15.9 Å². The number of hydrogen-bond donors (Lipinski definition) is 0. The molecule has 0 saturated carbocycles. The summed E-state index contributed by atoms with van der Waals surface area (Å²) >= 11 is 3.29. The third-order valence-corrected chi connectivity index (χ3v) is 3.50. The SMILES string of the molecule is CCOC(=O)C(=O)c1c(Br)c(C)cc(OC)c1OC. The molecule has 0 spiro atoms. The number of benzene rings is 1. The predicted octanol–water partition coefficient (Wildman–Crippen LogP) is 2.52. The number of ketones is 1. The summed E-state index contributed by atoms with van der Waals surface area (Å²) < 4.78 is 15.5. The highest BCUT2D eigenvalue weighted by Gasteiger charge is 2.28. The zero-order valence-corrected chi connectivity index (χ0v) is 12.8. The minimum atomic E-state index is -0.922. The molecule has 19 heavy (non-hydrogen) atoms. The average molecular weight is 331 g/mol. The summed E-state index contributed by atoms with van der Waals surface area (Å²) in [6.07, 6.45) is 0. The van der Waals surface area contributed by atoms with Gasteiger partial charge in [0.25, 0.3) is 5.78 Å². The molecule has 0 aliphatic heterocycles. The highest BCUT2D eigenvalue weighted by molar-refractivity contribution is 9.10. The molecule has 0 aliphatic rings. The third kappa shape index (κ3) is 3.07. The van der Waals surface area contributed by atoms with Crippen LogP contribution in [0.2, 0.25) is 0 Å². The first kappa shape index (κ1) is 15.5. The Morgan fingerprint density at radius 2 is 1.89 bits per heavy atom. The van der Waals surface area contributed by atoms with Crippen LogP contribution in [0.3, 0.4) is 0 Å². The average Bonchev–Trinajstić information content (AvgIpc) is 2.40. The second-order valence-electron chi connectivity index (χ2n) is 3.67. The van der Waals surface area contributed by atoms with Gasteiger partial charge in [0, 0.05) is 4.47 Å². The Bertz CT molecular complexity index is 510. The summed E-state index contributed by atoms with van der Waals surface area (Å²) in [5, 5.41) is 0. The van der Waals surface area contributed by atoms with Crippen LogP contribution in [-0.2, 0) is 9.53 Å². The molecule has 0 radical (unpaired) electrons. The number of halogens is 1. The molecule has 0 aromatic heterocycles. The summed E-state index contributed by atoms with van der Waals surface area (Å²) in [5.74, 6) is -1.10. The Labute approximate surface area is 120 Å². The van der Waals surface area contributed by atoms with Gasteiger partial charge in [-0.2, -0.15) is 0 Å². The summed E-state index contributed by atoms with van der Waals surface area (Å²) in [5.41, 5.74) is 0.864. The number of esters is 1. The van der Waals surface area contributed by atoms with E-state index in [1.165, 1.54) is 14.2 Å². The van der Waals surface area contributed by atoms with Crippen molar-refractivity contribution in [2.24, 2.45) is 0 Å². The van der Waals surface area contributed by atoms with Crippen molar-refractivity contribution in [3.8, 4) is 11.5 Å². The van der Waals surface area contributed by atoms with Gasteiger partial charge in [-0.25, -0.2) is 4.79 Å². The van der Waals surface area contributed by atoms with Crippen molar-refractivity contribution < 1.29 is 23.8 Å². The third-order valence-electron chi connectivity index (χ3n) is 2.48. The van der Waals surface area contributed by atoms with Crippen molar-refractivity contribution in [2.45, 2.75) is 13.8 Å². The fraction of sp³-hybridized carbons (Fsp3) is 0.385. The van der Waals surface area contributed by atoms with Crippen LogP contribution < -0.4 is 9.47 Å². The van der Waals surface area contributed by atoms with E-state index in [0.717, 1.165) is 5.56 Å². The topological polar surface area (TPSA) is 61.8 Å². The fourth-order valence-corrected chi connectivity index (χ4v) is 2.08. The van der Waals surface area contributed by atoms with Gasteiger partial charge in [-0.3, -0.25) is 4.79 Å². The lowest BCUT2D eigenvalue weighted by Gasteiger charge is -2.15. The molecule has 0 saturated heterocycles. The summed E-state index contributed by atoms with van der Waals surface area (Å²) in [7, 11) is 2.87. The highest BCUT2D eigenvalue weighted by atomic mass is 79.9. The molecule has 0 aliphatic carbocycles. The van der Waals surface area contributed by atoms with Crippen LogP contribution in [0.25, 0.3) is 0 Å². The monoisotopic (exact) mass is 330 g/mol. The van der Waals surface area contributed by atoms with E-state index >= 15 is 0 Å². The molecule has 1 rings (SSSR count). The van der Waals surface area contributed by atoms with E-state index in [9.17, 15) is 9.59 Å². The quantitative estimate of drug-likeness (QED) is 0.471. The van der Waals surface area contributed by atoms with Gasteiger partial charge in [-0.1, -0.05) is 0 Å². The molecule has 0 atom stereocenters. The standard InChI is InChI=1S/C13H15BrO5/c1-5-19-13(16)11(15)9-10(14)7(2)6-8(17-3)12(9)18-4/h6H,5H2,1-4H3. The lowest BCUT2D eigenvalue weighted by molar-refractivity contribution is -0.137. The molecule has 6 heteroatoms. The van der Waals surface area contributed by atoms with Crippen molar-refractivity contribution in [1.82, 2.24) is 0 Å². The Kier molecular flexibility index (Phi) is 5.35. The lowest BCUT2D eigenvalue weighted by atomic mass is 10.1. The molecule has 1 aromatic carbocycles. The second kappa shape index (κ2) is 6.56. The molecule has 0 heterocycles. The summed E-state index contributed by atoms with van der Waals surface area (Å²) in [6.45, 7) is 3.55. The zero-order valence-electron chi connectivity index (χ0n) is 11.2. The van der Waals surface area contributed by atoms with E-state index in [1.54, 1.807) is 19.9 Å². The van der Waals surface area contributed by atoms with Gasteiger partial charge in [-0.05, 0) is 41.4 Å². The number of carbonyl (C=O) groups excluding carboxylic acids is 2. The number of ether oxygens (including phenoxy) is 3. The minimum Gasteiger partial charge on any atom is -0.493 e. The molecule has 0 bridgehead atoms. The van der Waals surface area contributed by atoms with Crippen LogP contribution in [0.15, 0.2) is 10.5 Å². The first-order chi connectivity index (χ1) is 8.97. The number of carbonyl (C=O) groups is 2. The molecular formula is C13H15BrO5. The van der Waals surface area contributed by atoms with Gasteiger partial charge in [0.05, 0.1) is 26.4 Å². The number of Topliss-reactive ketones (excluding diaryl/α,β-unsaturated/α-hetero) is 1. The molecular weight excluding hydrogens is 316 g/mol. The zero-order chi connectivity index (χ0) is 14.6. The van der Waals surface area contributed by atoms with E-state index in [1.807, 2.05) is 0 Å². The van der Waals surface area contributed by atoms with Crippen LogP contribution in [0.1, 0.15) is 22.8 Å². The van der Waals surface area contributed by atoms with Gasteiger partial charge in [-0.15, -0.1) is 0 Å². The second-order valence-corrected chi connectivity index (χ2v) is 4.46. The summed E-state index contributed by atoms with van der Waals surface area (Å²) in [4.78, 5) is 23.7. The largest absolute Gasteiger partial charge is 0.493 e. The first-order valence-electron chi connectivity index (χ1n) is 5.60. The molecule has 0 fully saturated rings. The summed E-state index contributed by atoms with van der Waals surface area (Å²) in [6, 6.07) is 1.71. The normalized spacial score (nSPS) is 9.95. The highest BCUT2D eigenvalue weighted by Crippen LogP contribution is 2.38. The van der Waals surface area contributed by atoms with E-state index in [-0.39, 0.29) is 17.9 Å². The van der Waals surface area contributed by atoms with E-state index in [2.05, 4.69) is 15.9 Å². The van der Waals surface area contributed by atoms with E-state index in [0.29, 0.717) is 10.2 Å². The van der Waals surface area contributed by atoms with Crippen LogP contribution in [0, 0.1) is 6.92 Å². The minimum absolute atomic E-state index is 0.109. The number of rotatable bonds is 5. The lowest BCUT2D eigenvalue weighted by Crippen LogP contribution is -2.19. The van der Waals surface area contributed by atoms with Crippen molar-refractivity contribution in [1.29, 1.82) is 0 Å². The van der Waals surface area contributed by atoms with Gasteiger partial charge in [0.2, 0.25) is 0 Å². The predicted molar refractivity (Wildman–Crippen MR) is 72.9 cm³/mol.